The number of ether oxygens (including phenoxy) is 9. The number of methoxy groups -OCH3 is 3. The first-order valence-corrected chi connectivity index (χ1v) is 39.6. The number of rotatable bonds is 30. The molecule has 0 aliphatic carbocycles. The molecule has 25 heteroatoms. The van der Waals surface area contributed by atoms with Gasteiger partial charge in [0.05, 0.1) is 26.1 Å². The van der Waals surface area contributed by atoms with Crippen LogP contribution in [-0.4, -0.2) is 168 Å². The third-order valence-corrected chi connectivity index (χ3v) is 21.6. The number of aliphatic hydroxyl groups is 2. The van der Waals surface area contributed by atoms with Crippen LogP contribution in [0.2, 0.25) is 5.32 Å². The molecule has 0 saturated carbocycles. The molecule has 3 aliphatic rings. The average Bonchev–Trinajstić information content (AvgIpc) is 1.59. The van der Waals surface area contributed by atoms with Crippen molar-refractivity contribution in [2.75, 3.05) is 34.5 Å². The molecule has 3 saturated heterocycles. The van der Waals surface area contributed by atoms with E-state index >= 15 is 0 Å². The zero-order chi connectivity index (χ0) is 84.1. The number of nitrogens with zero attached hydrogens (tertiary/aromatic N) is 3. The van der Waals surface area contributed by atoms with Crippen LogP contribution in [0, 0.1) is 23.7 Å². The van der Waals surface area contributed by atoms with Crippen LogP contribution in [0.5, 0.6) is 17.2 Å². The monoisotopic (exact) mass is 1640 g/mol. The molecule has 3 fully saturated rings. The molecule has 610 valence electrons. The Kier molecular flexibility index (Phi) is 30.8. The van der Waals surface area contributed by atoms with E-state index in [1.165, 1.54) is 16.9 Å². The van der Waals surface area contributed by atoms with Crippen LogP contribution in [0.4, 0.5) is 0 Å². The van der Waals surface area contributed by atoms with Crippen LogP contribution in [0.3, 0.4) is 0 Å². The summed E-state index contributed by atoms with van der Waals surface area (Å²) in [6.07, 6.45) is 0.449. The van der Waals surface area contributed by atoms with E-state index in [9.17, 15) is 58.2 Å². The minimum absolute atomic E-state index is 0.00723. The molecule has 0 unspecified atom stereocenters. The Morgan fingerprint density at radius 3 is 1.10 bits per heavy atom. The number of hydrogen-bond donors (Lipinski definition) is 2. The van der Waals surface area contributed by atoms with Crippen LogP contribution in [0.15, 0.2) is 218 Å². The van der Waals surface area contributed by atoms with E-state index in [2.05, 4.69) is 13.2 Å². The van der Waals surface area contributed by atoms with Gasteiger partial charge in [-0.1, -0.05) is 98.1 Å². The fourth-order valence-electron chi connectivity index (χ4n) is 13.7. The molecule has 3 amide bonds. The second-order valence-electron chi connectivity index (χ2n) is 30.6. The molecule has 0 bridgehead atoms. The van der Waals surface area contributed by atoms with E-state index < -0.39 is 105 Å². The molecule has 3 heterocycles. The van der Waals surface area contributed by atoms with Gasteiger partial charge >= 0.3 is 284 Å². The van der Waals surface area contributed by atoms with E-state index in [1.807, 2.05) is 72.8 Å². The fraction of sp³-hybridized carbons (Fsp3) is 0.378. The number of aldehydes is 1. The summed E-state index contributed by atoms with van der Waals surface area (Å²) in [5, 5.41) is 20.1. The Hall–Kier alpha value is -11.2. The van der Waals surface area contributed by atoms with E-state index in [0.29, 0.717) is 56.7 Å². The maximum absolute atomic E-state index is 14.5. The first kappa shape index (κ1) is 89.3. The van der Waals surface area contributed by atoms with Gasteiger partial charge in [-0.2, -0.15) is 0 Å². The number of hydrogen-bond acceptors (Lipinski definition) is 21. The van der Waals surface area contributed by atoms with Gasteiger partial charge in [0.2, 0.25) is 11.8 Å². The molecular formula is C90H103N3O21Se. The first-order chi connectivity index (χ1) is 54.7. The van der Waals surface area contributed by atoms with Gasteiger partial charge in [-0.05, 0) is 106 Å². The van der Waals surface area contributed by atoms with Crippen molar-refractivity contribution in [3.63, 3.8) is 0 Å². The summed E-state index contributed by atoms with van der Waals surface area (Å²) >= 11 is -0.191. The van der Waals surface area contributed by atoms with Crippen molar-refractivity contribution in [2.45, 2.75) is 160 Å². The van der Waals surface area contributed by atoms with Crippen molar-refractivity contribution in [3.05, 3.63) is 252 Å². The summed E-state index contributed by atoms with van der Waals surface area (Å²) in [7, 11) is 4.63. The predicted molar refractivity (Wildman–Crippen MR) is 428 cm³/mol. The number of carbonyl (C=O) groups is 10. The standard InChI is InChI=1S/C34H39NO7Se.C28H33NO7.C28H31NO7/c1-33(2,3)42-32(39)34(31(38)41-22-25-11-7-5-8-12-25)29(23-43-27-13-9-6-10-14-27)28(19-20-36)30(37)35(34)21-24-15-17-26(40-4)18-16-24;2*1-19-23(15-16-30)24(31)29(17-20-11-13-22(34-5)14-12-20)28(19,26(33)36-27(2,3)4)25(32)35-18-21-9-7-6-8-10-21/h5-18,28-29,36H,19-23H2,1-4H3;6-14,23,30H,1,15-18H2,2-5H3;6-14,16,23H,1,15,17-18H2,2-5H3/t28-,29-,34+;2*23-,28+/m111/s1. The second-order valence-corrected chi connectivity index (χ2v) is 32.9. The van der Waals surface area contributed by atoms with Crippen molar-refractivity contribution < 1.29 is 101 Å². The van der Waals surface area contributed by atoms with E-state index in [1.54, 1.807) is 198 Å². The predicted octanol–water partition coefficient (Wildman–Crippen LogP) is 11.0. The van der Waals surface area contributed by atoms with Gasteiger partial charge in [-0.25, -0.2) is 19.2 Å². The molecule has 3 aliphatic heterocycles. The molecule has 115 heavy (non-hydrogen) atoms. The Morgan fingerprint density at radius 2 is 0.748 bits per heavy atom. The van der Waals surface area contributed by atoms with Gasteiger partial charge < -0.3 is 48.1 Å². The molecule has 24 nitrogen and oxygen atoms in total. The van der Waals surface area contributed by atoms with Gasteiger partial charge in [0.25, 0.3) is 11.1 Å². The molecule has 0 aromatic heterocycles. The molecule has 7 aromatic carbocycles. The average molecular weight is 1640 g/mol. The van der Waals surface area contributed by atoms with Crippen molar-refractivity contribution in [3.8, 4) is 17.2 Å². The maximum atomic E-state index is 14.5. The summed E-state index contributed by atoms with van der Waals surface area (Å²) in [5.41, 5.74) is -5.24. The quantitative estimate of drug-likeness (QED) is 0.0106. The van der Waals surface area contributed by atoms with Crippen molar-refractivity contribution in [1.82, 2.24) is 14.7 Å². The summed E-state index contributed by atoms with van der Waals surface area (Å²) in [5.74, 6) is -8.72. The molecule has 0 spiro atoms. The zero-order valence-electron chi connectivity index (χ0n) is 67.2. The number of benzene rings is 7. The van der Waals surface area contributed by atoms with Crippen molar-refractivity contribution in [2.24, 2.45) is 23.7 Å². The van der Waals surface area contributed by atoms with Crippen LogP contribution in [-0.2, 0) is 116 Å². The Balaban J connectivity index is 0.000000217. The van der Waals surface area contributed by atoms with Gasteiger partial charge in [-0.3, -0.25) is 9.59 Å². The molecule has 7 aromatic rings. The summed E-state index contributed by atoms with van der Waals surface area (Å²) in [6.45, 7) is 22.0. The van der Waals surface area contributed by atoms with Gasteiger partial charge in [0, 0.05) is 26.1 Å². The van der Waals surface area contributed by atoms with Crippen LogP contribution in [0.25, 0.3) is 0 Å². The SMILES string of the molecule is C=C1[C@@H](CC=O)C(=O)N(Cc2ccc(OC)cc2)[C@@]1(C(=O)OCc1ccccc1)C(=O)OC(C)(C)C.C=C1[C@@H](CCO)C(=O)N(Cc2ccc(OC)cc2)[C@@]1(C(=O)OCc1ccccc1)C(=O)OC(C)(C)C.COc1ccc(CN2C(=O)[C@H](CCO)[C@@H](C[Se]c3ccccc3)[C@]2(C(=O)OCc2ccccc2)C(=O)OC(C)(C)C)cc1. The number of carbonyl (C=O) groups excluding carboxylic acids is 10. The second kappa shape index (κ2) is 39.7. The van der Waals surface area contributed by atoms with E-state index in [-0.39, 0.29) is 104 Å². The molecule has 7 atom stereocenters. The molecule has 0 radical (unpaired) electrons. The number of likely N-dealkylation sites (tertiary alicyclic amines) is 3. The minimum atomic E-state index is -2.26. The molecular weight excluding hydrogens is 1540 g/mol. The molecule has 10 rings (SSSR count). The summed E-state index contributed by atoms with van der Waals surface area (Å²) < 4.78 is 51.1. The van der Waals surface area contributed by atoms with E-state index in [4.69, 9.17) is 42.6 Å². The zero-order valence-corrected chi connectivity index (χ0v) is 68.9. The Labute approximate surface area is 678 Å². The fourth-order valence-corrected chi connectivity index (χ4v) is 16.2. The normalized spacial score (nSPS) is 19.9. The third-order valence-electron chi connectivity index (χ3n) is 19.2. The van der Waals surface area contributed by atoms with Crippen molar-refractivity contribution in [1.29, 1.82) is 0 Å². The number of esters is 6. The third kappa shape index (κ3) is 21.4. The Bertz CT molecular complexity index is 4530. The summed E-state index contributed by atoms with van der Waals surface area (Å²) in [6, 6.07) is 57.8. The van der Waals surface area contributed by atoms with Gasteiger partial charge in [-0.15, -0.1) is 0 Å². The Morgan fingerprint density at radius 1 is 0.417 bits per heavy atom. The van der Waals surface area contributed by atoms with Crippen molar-refractivity contribution >= 4 is 79.2 Å². The van der Waals surface area contributed by atoms with Gasteiger partial charge in [0.15, 0.2) is 0 Å². The summed E-state index contributed by atoms with van der Waals surface area (Å²) in [4.78, 5) is 141. The van der Waals surface area contributed by atoms with E-state index in [0.717, 1.165) is 14.9 Å². The number of aliphatic hydroxyl groups excluding tert-OH is 2. The van der Waals surface area contributed by atoms with Gasteiger partial charge in [0.1, 0.15) is 42.2 Å². The first-order valence-electron chi connectivity index (χ1n) is 37.6. The number of amides is 3. The topological polar surface area (TPSA) is 304 Å². The van der Waals surface area contributed by atoms with Crippen LogP contribution < -0.4 is 18.7 Å². The molecule has 2 N–H and O–H groups in total. The van der Waals surface area contributed by atoms with Crippen LogP contribution in [0.1, 0.15) is 115 Å². The van der Waals surface area contributed by atoms with Crippen LogP contribution >= 0.6 is 0 Å².